The van der Waals surface area contributed by atoms with Gasteiger partial charge < -0.3 is 9.84 Å². The van der Waals surface area contributed by atoms with Crippen LogP contribution < -0.4 is 0 Å². The number of carbonyl (C=O) groups is 1. The molecule has 0 aromatic rings. The van der Waals surface area contributed by atoms with Gasteiger partial charge in [0, 0.05) is 6.42 Å². The number of aliphatic hydroxyl groups excluding tert-OH is 1. The highest BCUT2D eigenvalue weighted by Crippen LogP contribution is 2.14. The Balaban J connectivity index is 2.33. The molecule has 0 saturated heterocycles. The van der Waals surface area contributed by atoms with Crippen LogP contribution in [0.4, 0.5) is 0 Å². The number of hydrogen-bond donors (Lipinski definition) is 1. The standard InChI is InChI=1S/C24H42O3/c1-22-19-17-15-13-11-9-7-5-3-2-4-6-8-10-12-14-16-18-20-23(25)21-24(26)27-22/h7,9,15,17,22-23,25H,2-6,8,10-14,16,18-21H2,1H3/b9-7+,17-15+/t22-,23-/m1/s1. The summed E-state index contributed by atoms with van der Waals surface area (Å²) < 4.78 is 5.39. The Morgan fingerprint density at radius 1 is 0.778 bits per heavy atom. The zero-order valence-corrected chi connectivity index (χ0v) is 17.5. The van der Waals surface area contributed by atoms with Gasteiger partial charge in [-0.05, 0) is 39.0 Å². The Labute approximate surface area is 167 Å². The van der Waals surface area contributed by atoms with Crippen LogP contribution >= 0.6 is 0 Å². The first kappa shape index (κ1) is 23.9. The minimum atomic E-state index is -0.558. The summed E-state index contributed by atoms with van der Waals surface area (Å²) in [6.45, 7) is 1.92. The first-order chi connectivity index (χ1) is 13.2. The van der Waals surface area contributed by atoms with E-state index in [-0.39, 0.29) is 18.5 Å². The van der Waals surface area contributed by atoms with E-state index in [4.69, 9.17) is 4.74 Å². The molecule has 0 aliphatic carbocycles. The minimum absolute atomic E-state index is 0.123. The zero-order valence-electron chi connectivity index (χ0n) is 17.5. The van der Waals surface area contributed by atoms with Crippen LogP contribution in [0.25, 0.3) is 0 Å². The van der Waals surface area contributed by atoms with E-state index in [1.165, 1.54) is 57.8 Å². The van der Waals surface area contributed by atoms with E-state index < -0.39 is 6.10 Å². The van der Waals surface area contributed by atoms with Crippen molar-refractivity contribution in [1.82, 2.24) is 0 Å². The van der Waals surface area contributed by atoms with E-state index in [1.54, 1.807) is 0 Å². The average Bonchev–Trinajstić information content (AvgIpc) is 2.62. The van der Waals surface area contributed by atoms with Crippen LogP contribution in [0, 0.1) is 0 Å². The summed E-state index contributed by atoms with van der Waals surface area (Å²) in [5.41, 5.74) is 0. The van der Waals surface area contributed by atoms with Crippen molar-refractivity contribution in [2.24, 2.45) is 0 Å². The molecule has 0 radical (unpaired) electrons. The summed E-state index contributed by atoms with van der Waals surface area (Å²) in [4.78, 5) is 11.9. The summed E-state index contributed by atoms with van der Waals surface area (Å²) in [5, 5.41) is 10.0. The molecule has 2 atom stereocenters. The zero-order chi connectivity index (χ0) is 19.6. The third-order valence-electron chi connectivity index (χ3n) is 5.19. The molecule has 0 saturated carbocycles. The van der Waals surface area contributed by atoms with Gasteiger partial charge in [-0.25, -0.2) is 0 Å². The number of aliphatic hydroxyl groups is 1. The van der Waals surface area contributed by atoms with Crippen LogP contribution in [0.15, 0.2) is 24.3 Å². The fourth-order valence-corrected chi connectivity index (χ4v) is 3.51. The molecule has 1 aliphatic rings. The first-order valence-corrected chi connectivity index (χ1v) is 11.4. The van der Waals surface area contributed by atoms with Gasteiger partial charge in [-0.2, -0.15) is 0 Å². The Morgan fingerprint density at radius 2 is 1.30 bits per heavy atom. The van der Waals surface area contributed by atoms with Crippen molar-refractivity contribution in [3.05, 3.63) is 24.3 Å². The molecule has 0 spiro atoms. The molecule has 3 heteroatoms. The SMILES string of the molecule is C[C@@H]1C/C=C/CC/C=C/CCCCCCCCCCCC[C@@H](O)CC(=O)O1. The maximum absolute atomic E-state index is 11.9. The fourth-order valence-electron chi connectivity index (χ4n) is 3.51. The largest absolute Gasteiger partial charge is 0.462 e. The van der Waals surface area contributed by atoms with E-state index in [1.807, 2.05) is 6.92 Å². The number of rotatable bonds is 0. The van der Waals surface area contributed by atoms with Crippen molar-refractivity contribution in [2.45, 2.75) is 122 Å². The van der Waals surface area contributed by atoms with Gasteiger partial charge in [0.25, 0.3) is 0 Å². The van der Waals surface area contributed by atoms with Crippen LogP contribution in [-0.2, 0) is 9.53 Å². The normalized spacial score (nSPS) is 29.2. The van der Waals surface area contributed by atoms with E-state index in [0.717, 1.165) is 32.1 Å². The second kappa shape index (κ2) is 17.0. The molecule has 0 fully saturated rings. The van der Waals surface area contributed by atoms with Crippen LogP contribution in [-0.4, -0.2) is 23.3 Å². The quantitative estimate of drug-likeness (QED) is 0.379. The fraction of sp³-hybridized carbons (Fsp3) is 0.792. The minimum Gasteiger partial charge on any atom is -0.462 e. The van der Waals surface area contributed by atoms with E-state index in [9.17, 15) is 9.90 Å². The van der Waals surface area contributed by atoms with Crippen molar-refractivity contribution in [3.63, 3.8) is 0 Å². The molecule has 0 unspecified atom stereocenters. The van der Waals surface area contributed by atoms with Gasteiger partial charge in [0.05, 0.1) is 12.5 Å². The lowest BCUT2D eigenvalue weighted by Crippen LogP contribution is -2.20. The molecule has 156 valence electrons. The van der Waals surface area contributed by atoms with Gasteiger partial charge in [-0.1, -0.05) is 82.1 Å². The summed E-state index contributed by atoms with van der Waals surface area (Å²) in [7, 11) is 0. The van der Waals surface area contributed by atoms with Gasteiger partial charge in [0.2, 0.25) is 0 Å². The average molecular weight is 379 g/mol. The summed E-state index contributed by atoms with van der Waals surface area (Å²) >= 11 is 0. The van der Waals surface area contributed by atoms with E-state index in [0.29, 0.717) is 6.42 Å². The highest BCUT2D eigenvalue weighted by molar-refractivity contribution is 5.70. The van der Waals surface area contributed by atoms with Gasteiger partial charge in [-0.3, -0.25) is 4.79 Å². The lowest BCUT2D eigenvalue weighted by Gasteiger charge is -2.14. The second-order valence-electron chi connectivity index (χ2n) is 8.03. The van der Waals surface area contributed by atoms with Crippen molar-refractivity contribution in [2.75, 3.05) is 0 Å². The van der Waals surface area contributed by atoms with Crippen LogP contribution in [0.5, 0.6) is 0 Å². The molecule has 0 aromatic carbocycles. The molecule has 1 rings (SSSR count). The molecule has 3 nitrogen and oxygen atoms in total. The van der Waals surface area contributed by atoms with Gasteiger partial charge >= 0.3 is 5.97 Å². The smallest absolute Gasteiger partial charge is 0.308 e. The van der Waals surface area contributed by atoms with Crippen molar-refractivity contribution in [1.29, 1.82) is 0 Å². The Kier molecular flexibility index (Phi) is 15.1. The number of hydrogen-bond acceptors (Lipinski definition) is 3. The van der Waals surface area contributed by atoms with Crippen LogP contribution in [0.1, 0.15) is 110 Å². The first-order valence-electron chi connectivity index (χ1n) is 11.4. The molecule has 27 heavy (non-hydrogen) atoms. The number of cyclic esters (lactones) is 1. The van der Waals surface area contributed by atoms with Crippen molar-refractivity contribution in [3.8, 4) is 0 Å². The Bertz CT molecular complexity index is 414. The third kappa shape index (κ3) is 15.6. The maximum Gasteiger partial charge on any atom is 0.308 e. The molecule has 1 aliphatic heterocycles. The van der Waals surface area contributed by atoms with E-state index in [2.05, 4.69) is 24.3 Å². The molecule has 0 amide bonds. The van der Waals surface area contributed by atoms with Gasteiger partial charge in [-0.15, -0.1) is 0 Å². The van der Waals surface area contributed by atoms with Crippen LogP contribution in [0.2, 0.25) is 0 Å². The summed E-state index contributed by atoms with van der Waals surface area (Å²) in [6.07, 6.45) is 25.9. The van der Waals surface area contributed by atoms with Gasteiger partial charge in [0.15, 0.2) is 0 Å². The molecular formula is C24H42O3. The predicted molar refractivity (Wildman–Crippen MR) is 114 cm³/mol. The lowest BCUT2D eigenvalue weighted by molar-refractivity contribution is -0.150. The number of carbonyl (C=O) groups excluding carboxylic acids is 1. The predicted octanol–water partition coefficient (Wildman–Crippen LogP) is 6.65. The van der Waals surface area contributed by atoms with Crippen LogP contribution in [0.3, 0.4) is 0 Å². The highest BCUT2D eigenvalue weighted by atomic mass is 16.5. The highest BCUT2D eigenvalue weighted by Gasteiger charge is 2.14. The summed E-state index contributed by atoms with van der Waals surface area (Å²) in [5.74, 6) is -0.277. The number of ether oxygens (including phenoxy) is 1. The Hall–Kier alpha value is -1.09. The molecule has 1 N–H and O–H groups in total. The van der Waals surface area contributed by atoms with E-state index >= 15 is 0 Å². The maximum atomic E-state index is 11.9. The number of allylic oxidation sites excluding steroid dienone is 3. The second-order valence-corrected chi connectivity index (χ2v) is 8.03. The number of esters is 1. The molecule has 1 heterocycles. The van der Waals surface area contributed by atoms with Crippen molar-refractivity contribution < 1.29 is 14.6 Å². The van der Waals surface area contributed by atoms with Gasteiger partial charge in [0.1, 0.15) is 6.10 Å². The van der Waals surface area contributed by atoms with Crippen molar-refractivity contribution >= 4 is 5.97 Å². The summed E-state index contributed by atoms with van der Waals surface area (Å²) in [6, 6.07) is 0. The lowest BCUT2D eigenvalue weighted by atomic mass is 10.0. The molecule has 0 bridgehead atoms. The molecular weight excluding hydrogens is 336 g/mol. The monoisotopic (exact) mass is 378 g/mol. The molecule has 0 aromatic heterocycles. The Morgan fingerprint density at radius 3 is 1.96 bits per heavy atom. The topological polar surface area (TPSA) is 46.5 Å². The third-order valence-corrected chi connectivity index (χ3v) is 5.19.